The van der Waals surface area contributed by atoms with Crippen molar-refractivity contribution in [3.05, 3.63) is 29.8 Å². The summed E-state index contributed by atoms with van der Waals surface area (Å²) in [5, 5.41) is 0.923. The molecule has 1 saturated heterocycles. The monoisotopic (exact) mass is 313 g/mol. The Morgan fingerprint density at radius 3 is 2.83 bits per heavy atom. The van der Waals surface area contributed by atoms with E-state index >= 15 is 0 Å². The fourth-order valence-electron chi connectivity index (χ4n) is 2.16. The number of benzene rings is 1. The lowest BCUT2D eigenvalue weighted by Gasteiger charge is -2.32. The summed E-state index contributed by atoms with van der Waals surface area (Å²) in [4.78, 5) is 2.47. The van der Waals surface area contributed by atoms with E-state index in [2.05, 4.69) is 33.0 Å². The van der Waals surface area contributed by atoms with Gasteiger partial charge in [-0.3, -0.25) is 4.90 Å². The number of hydrogen-bond acceptors (Lipinski definition) is 3. The van der Waals surface area contributed by atoms with Crippen molar-refractivity contribution in [3.63, 3.8) is 0 Å². The van der Waals surface area contributed by atoms with Crippen LogP contribution in [0.4, 0.5) is 0 Å². The van der Waals surface area contributed by atoms with E-state index in [1.165, 1.54) is 5.56 Å². The molecule has 1 aliphatic rings. The zero-order valence-electron chi connectivity index (χ0n) is 10.8. The van der Waals surface area contributed by atoms with Gasteiger partial charge in [0.1, 0.15) is 5.75 Å². The van der Waals surface area contributed by atoms with E-state index in [-0.39, 0.29) is 0 Å². The molecule has 3 nitrogen and oxygen atoms in total. The number of hydrogen-bond donors (Lipinski definition) is 0. The molecule has 1 aromatic rings. The average molecular weight is 314 g/mol. The predicted molar refractivity (Wildman–Crippen MR) is 76.7 cm³/mol. The summed E-state index contributed by atoms with van der Waals surface area (Å²) in [7, 11) is 1.70. The summed E-state index contributed by atoms with van der Waals surface area (Å²) in [6.07, 6.45) is 1.42. The summed E-state index contributed by atoms with van der Waals surface area (Å²) in [6, 6.07) is 8.33. The van der Waals surface area contributed by atoms with Gasteiger partial charge in [-0.15, -0.1) is 0 Å². The van der Waals surface area contributed by atoms with Gasteiger partial charge < -0.3 is 9.47 Å². The number of rotatable bonds is 5. The van der Waals surface area contributed by atoms with Crippen molar-refractivity contribution in [2.45, 2.75) is 12.5 Å². The van der Waals surface area contributed by atoms with Gasteiger partial charge in [0.25, 0.3) is 0 Å². The van der Waals surface area contributed by atoms with E-state index in [1.54, 1.807) is 7.11 Å². The zero-order valence-corrected chi connectivity index (χ0v) is 12.4. The molecule has 0 saturated carbocycles. The number of morpholine rings is 1. The molecule has 0 spiro atoms. The molecule has 1 unspecified atom stereocenters. The molecule has 0 aromatic heterocycles. The molecule has 0 aliphatic carbocycles. The zero-order chi connectivity index (χ0) is 12.8. The van der Waals surface area contributed by atoms with Crippen LogP contribution in [-0.2, 0) is 11.2 Å². The van der Waals surface area contributed by atoms with Crippen molar-refractivity contribution in [1.29, 1.82) is 0 Å². The van der Waals surface area contributed by atoms with E-state index in [0.29, 0.717) is 6.10 Å². The van der Waals surface area contributed by atoms with Gasteiger partial charge in [0.2, 0.25) is 0 Å². The number of ether oxygens (including phenoxy) is 2. The largest absolute Gasteiger partial charge is 0.497 e. The minimum atomic E-state index is 0.342. The van der Waals surface area contributed by atoms with Crippen LogP contribution in [0.2, 0.25) is 0 Å². The second-order valence-electron chi connectivity index (χ2n) is 4.55. The third kappa shape index (κ3) is 3.97. The molecule has 0 radical (unpaired) electrons. The third-order valence-electron chi connectivity index (χ3n) is 3.27. The predicted octanol–water partition coefficient (Wildman–Crippen LogP) is 2.33. The van der Waals surface area contributed by atoms with Crippen LogP contribution in [-0.4, -0.2) is 49.7 Å². The molecule has 0 N–H and O–H groups in total. The summed E-state index contributed by atoms with van der Waals surface area (Å²) in [5.41, 5.74) is 1.36. The van der Waals surface area contributed by atoms with Crippen LogP contribution in [0.3, 0.4) is 0 Å². The number of nitrogens with zero attached hydrogens (tertiary/aromatic N) is 1. The third-order valence-corrected chi connectivity index (χ3v) is 3.99. The lowest BCUT2D eigenvalue weighted by atomic mass is 10.1. The van der Waals surface area contributed by atoms with Crippen molar-refractivity contribution in [2.24, 2.45) is 0 Å². The second kappa shape index (κ2) is 7.12. The van der Waals surface area contributed by atoms with Crippen LogP contribution in [0.25, 0.3) is 0 Å². The first kappa shape index (κ1) is 13.8. The van der Waals surface area contributed by atoms with Crippen LogP contribution in [0, 0.1) is 0 Å². The fraction of sp³-hybridized carbons (Fsp3) is 0.571. The minimum Gasteiger partial charge on any atom is -0.497 e. The van der Waals surface area contributed by atoms with Crippen molar-refractivity contribution >= 4 is 15.9 Å². The quantitative estimate of drug-likeness (QED) is 0.779. The van der Waals surface area contributed by atoms with E-state index in [9.17, 15) is 0 Å². The summed E-state index contributed by atoms with van der Waals surface area (Å²) in [6.45, 7) is 4.01. The van der Waals surface area contributed by atoms with Gasteiger partial charge in [-0.25, -0.2) is 0 Å². The molecule has 0 amide bonds. The fourth-order valence-corrected chi connectivity index (χ4v) is 2.55. The Kier molecular flexibility index (Phi) is 5.47. The molecule has 2 rings (SSSR count). The number of halogens is 1. The van der Waals surface area contributed by atoms with Gasteiger partial charge in [-0.05, 0) is 24.1 Å². The van der Waals surface area contributed by atoms with Gasteiger partial charge in [0.05, 0.1) is 19.8 Å². The van der Waals surface area contributed by atoms with Crippen LogP contribution >= 0.6 is 15.9 Å². The molecule has 18 heavy (non-hydrogen) atoms. The summed E-state index contributed by atoms with van der Waals surface area (Å²) in [5.74, 6) is 0.921. The standard InChI is InChI=1S/C14H20BrNO2/c1-17-13-4-2-12(3-5-13)6-7-16-8-9-18-14(10-15)11-16/h2-5,14H,6-11H2,1H3. The van der Waals surface area contributed by atoms with Crippen LogP contribution < -0.4 is 4.74 Å². The molecule has 4 heteroatoms. The van der Waals surface area contributed by atoms with Gasteiger partial charge in [0.15, 0.2) is 0 Å². The van der Waals surface area contributed by atoms with Gasteiger partial charge in [-0.1, -0.05) is 28.1 Å². The summed E-state index contributed by atoms with van der Waals surface area (Å²) >= 11 is 3.48. The van der Waals surface area contributed by atoms with Crippen molar-refractivity contribution in [3.8, 4) is 5.75 Å². The van der Waals surface area contributed by atoms with E-state index < -0.39 is 0 Å². The van der Waals surface area contributed by atoms with Crippen molar-refractivity contribution < 1.29 is 9.47 Å². The van der Waals surface area contributed by atoms with Gasteiger partial charge >= 0.3 is 0 Å². The van der Waals surface area contributed by atoms with E-state index in [0.717, 1.165) is 43.7 Å². The van der Waals surface area contributed by atoms with Gasteiger partial charge in [0, 0.05) is 25.0 Å². The molecular formula is C14H20BrNO2. The summed E-state index contributed by atoms with van der Waals surface area (Å²) < 4.78 is 10.8. The van der Waals surface area contributed by atoms with E-state index in [1.807, 2.05) is 12.1 Å². The minimum absolute atomic E-state index is 0.342. The molecule has 1 fully saturated rings. The van der Waals surface area contributed by atoms with Crippen molar-refractivity contribution in [1.82, 2.24) is 4.90 Å². The highest BCUT2D eigenvalue weighted by molar-refractivity contribution is 9.09. The molecule has 100 valence electrons. The van der Waals surface area contributed by atoms with E-state index in [4.69, 9.17) is 9.47 Å². The Hall–Kier alpha value is -0.580. The molecule has 1 aromatic carbocycles. The first-order valence-electron chi connectivity index (χ1n) is 6.34. The SMILES string of the molecule is COc1ccc(CCN2CCOC(CBr)C2)cc1. The normalized spacial score (nSPS) is 20.9. The Labute approximate surface area is 117 Å². The average Bonchev–Trinajstić information content (AvgIpc) is 2.46. The topological polar surface area (TPSA) is 21.7 Å². The Balaban J connectivity index is 1.79. The van der Waals surface area contributed by atoms with Crippen LogP contribution in [0.5, 0.6) is 5.75 Å². The van der Waals surface area contributed by atoms with Crippen molar-refractivity contribution in [2.75, 3.05) is 38.7 Å². The Morgan fingerprint density at radius 1 is 1.39 bits per heavy atom. The Morgan fingerprint density at radius 2 is 2.17 bits per heavy atom. The first-order valence-corrected chi connectivity index (χ1v) is 7.47. The first-order chi connectivity index (χ1) is 8.81. The molecule has 1 atom stereocenters. The van der Waals surface area contributed by atoms with Crippen LogP contribution in [0.1, 0.15) is 5.56 Å². The molecule has 1 heterocycles. The lowest BCUT2D eigenvalue weighted by molar-refractivity contribution is -0.0146. The maximum absolute atomic E-state index is 5.63. The highest BCUT2D eigenvalue weighted by atomic mass is 79.9. The lowest BCUT2D eigenvalue weighted by Crippen LogP contribution is -2.43. The highest BCUT2D eigenvalue weighted by Gasteiger charge is 2.18. The number of alkyl halides is 1. The Bertz CT molecular complexity index is 355. The molecule has 0 bridgehead atoms. The van der Waals surface area contributed by atoms with Crippen LogP contribution in [0.15, 0.2) is 24.3 Å². The maximum atomic E-state index is 5.63. The molecule has 1 aliphatic heterocycles. The molecular weight excluding hydrogens is 294 g/mol. The number of methoxy groups -OCH3 is 1. The maximum Gasteiger partial charge on any atom is 0.118 e. The van der Waals surface area contributed by atoms with Gasteiger partial charge in [-0.2, -0.15) is 0 Å². The smallest absolute Gasteiger partial charge is 0.118 e. The highest BCUT2D eigenvalue weighted by Crippen LogP contribution is 2.13. The second-order valence-corrected chi connectivity index (χ2v) is 5.19.